The molecule has 4 aromatic rings. The maximum absolute atomic E-state index is 13.4. The van der Waals surface area contributed by atoms with E-state index in [1.54, 1.807) is 36.4 Å². The molecule has 0 unspecified atom stereocenters. The van der Waals surface area contributed by atoms with Crippen molar-refractivity contribution < 1.29 is 8.42 Å². The molecule has 0 saturated carbocycles. The molecule has 0 atom stereocenters. The van der Waals surface area contributed by atoms with E-state index in [-0.39, 0.29) is 9.79 Å². The highest BCUT2D eigenvalue weighted by Gasteiger charge is 2.27. The van der Waals surface area contributed by atoms with Crippen molar-refractivity contribution >= 4 is 31.3 Å². The maximum atomic E-state index is 13.4. The van der Waals surface area contributed by atoms with Gasteiger partial charge in [0.05, 0.1) is 9.77 Å². The normalized spacial score (nSPS) is 11.6. The van der Waals surface area contributed by atoms with Crippen LogP contribution in [-0.2, 0) is 9.84 Å². The summed E-state index contributed by atoms with van der Waals surface area (Å²) in [5.41, 5.74) is 1.22. The molecule has 0 amide bonds. The van der Waals surface area contributed by atoms with Crippen LogP contribution in [0, 0.1) is 6.92 Å². The van der Waals surface area contributed by atoms with E-state index in [0.29, 0.717) is 10.3 Å². The van der Waals surface area contributed by atoms with Crippen molar-refractivity contribution in [1.29, 1.82) is 0 Å². The molecule has 4 rings (SSSR count). The number of aryl methyl sites for hydroxylation is 1. The summed E-state index contributed by atoms with van der Waals surface area (Å²) in [6.07, 6.45) is 0. The summed E-state index contributed by atoms with van der Waals surface area (Å²) in [5.74, 6) is 0. The molecular formula is C22H16O3S2. The van der Waals surface area contributed by atoms with Gasteiger partial charge in [-0.15, -0.1) is 11.3 Å². The third kappa shape index (κ3) is 3.09. The average molecular weight is 393 g/mol. The van der Waals surface area contributed by atoms with Crippen LogP contribution in [0.25, 0.3) is 20.5 Å². The lowest BCUT2D eigenvalue weighted by Crippen LogP contribution is -2.16. The molecule has 0 aliphatic carbocycles. The van der Waals surface area contributed by atoms with Crippen molar-refractivity contribution in [2.45, 2.75) is 16.7 Å². The van der Waals surface area contributed by atoms with Crippen LogP contribution in [-0.4, -0.2) is 8.42 Å². The fraction of sp³-hybridized carbons (Fsp3) is 0.0455. The Morgan fingerprint density at radius 3 is 2.11 bits per heavy atom. The van der Waals surface area contributed by atoms with E-state index in [0.717, 1.165) is 15.8 Å². The Labute approximate surface area is 161 Å². The van der Waals surface area contributed by atoms with Gasteiger partial charge in [-0.1, -0.05) is 60.2 Å². The summed E-state index contributed by atoms with van der Waals surface area (Å²) in [6.45, 7) is 1.89. The van der Waals surface area contributed by atoms with Crippen LogP contribution >= 0.6 is 11.3 Å². The molecule has 0 aliphatic rings. The van der Waals surface area contributed by atoms with Gasteiger partial charge >= 0.3 is 0 Å². The van der Waals surface area contributed by atoms with Gasteiger partial charge in [-0.25, -0.2) is 8.42 Å². The lowest BCUT2D eigenvalue weighted by Gasteiger charge is -2.11. The van der Waals surface area contributed by atoms with E-state index in [1.165, 1.54) is 11.3 Å². The predicted molar refractivity (Wildman–Crippen MR) is 110 cm³/mol. The van der Waals surface area contributed by atoms with E-state index in [1.807, 2.05) is 49.4 Å². The highest BCUT2D eigenvalue weighted by atomic mass is 32.2. The fourth-order valence-electron chi connectivity index (χ4n) is 2.98. The second kappa shape index (κ2) is 6.76. The molecular weight excluding hydrogens is 376 g/mol. The number of sulfone groups is 1. The Morgan fingerprint density at radius 1 is 0.778 bits per heavy atom. The van der Waals surface area contributed by atoms with Crippen LogP contribution in [0.1, 0.15) is 5.56 Å². The molecule has 5 heteroatoms. The molecule has 0 radical (unpaired) electrons. The van der Waals surface area contributed by atoms with Crippen molar-refractivity contribution in [2.24, 2.45) is 0 Å². The lowest BCUT2D eigenvalue weighted by molar-refractivity contribution is 0.596. The van der Waals surface area contributed by atoms with Crippen molar-refractivity contribution in [3.8, 4) is 10.4 Å². The summed E-state index contributed by atoms with van der Waals surface area (Å²) >= 11 is 1.33. The van der Waals surface area contributed by atoms with Gasteiger partial charge in [0, 0.05) is 10.1 Å². The van der Waals surface area contributed by atoms with Crippen LogP contribution in [0.5, 0.6) is 0 Å². The van der Waals surface area contributed by atoms with Crippen molar-refractivity contribution in [3.63, 3.8) is 0 Å². The molecule has 0 saturated heterocycles. The topological polar surface area (TPSA) is 51.2 Å². The average Bonchev–Trinajstić information content (AvgIpc) is 2.68. The van der Waals surface area contributed by atoms with Crippen LogP contribution in [0.3, 0.4) is 0 Å². The SMILES string of the molecule is Cc1ccc(S(=O)(=O)c2c(-c3ccccc3)sc3ccccc3c2=O)cc1. The van der Waals surface area contributed by atoms with Gasteiger partial charge in [-0.3, -0.25) is 4.79 Å². The standard InChI is InChI=1S/C22H16O3S2/c1-15-11-13-17(14-12-15)27(24,25)22-20(23)18-9-5-6-10-19(18)26-21(22)16-7-3-2-4-8-16/h2-14H,1H3. The number of benzene rings is 3. The highest BCUT2D eigenvalue weighted by molar-refractivity contribution is 7.91. The third-order valence-corrected chi connectivity index (χ3v) is 7.56. The lowest BCUT2D eigenvalue weighted by atomic mass is 10.1. The first-order chi connectivity index (χ1) is 13.0. The van der Waals surface area contributed by atoms with E-state index in [9.17, 15) is 13.2 Å². The molecule has 0 aliphatic heterocycles. The second-order valence-corrected chi connectivity index (χ2v) is 9.21. The summed E-state index contributed by atoms with van der Waals surface area (Å²) in [5, 5.41) is 0.424. The number of fused-ring (bicyclic) bond motifs is 1. The van der Waals surface area contributed by atoms with Crippen LogP contribution in [0.2, 0.25) is 0 Å². The molecule has 0 N–H and O–H groups in total. The van der Waals surface area contributed by atoms with Crippen LogP contribution in [0.15, 0.2) is 93.4 Å². The number of rotatable bonds is 3. The Kier molecular flexibility index (Phi) is 4.42. The van der Waals surface area contributed by atoms with E-state index in [4.69, 9.17) is 0 Å². The first-order valence-electron chi connectivity index (χ1n) is 8.41. The Hall–Kier alpha value is -2.76. The first-order valence-corrected chi connectivity index (χ1v) is 10.7. The summed E-state index contributed by atoms with van der Waals surface area (Å²) in [4.78, 5) is 13.7. The maximum Gasteiger partial charge on any atom is 0.211 e. The fourth-order valence-corrected chi connectivity index (χ4v) is 5.96. The third-order valence-electron chi connectivity index (χ3n) is 4.39. The summed E-state index contributed by atoms with van der Waals surface area (Å²) in [7, 11) is -3.96. The van der Waals surface area contributed by atoms with Gasteiger partial charge in [0.2, 0.25) is 15.3 Å². The molecule has 3 aromatic carbocycles. The summed E-state index contributed by atoms with van der Waals surface area (Å²) < 4.78 is 27.6. The molecule has 0 spiro atoms. The Balaban J connectivity index is 2.11. The van der Waals surface area contributed by atoms with Gasteiger partial charge in [0.25, 0.3) is 0 Å². The molecule has 3 nitrogen and oxygen atoms in total. The van der Waals surface area contributed by atoms with E-state index in [2.05, 4.69) is 0 Å². The first kappa shape index (κ1) is 17.6. The summed E-state index contributed by atoms with van der Waals surface area (Å²) in [6, 6.07) is 22.9. The zero-order valence-electron chi connectivity index (χ0n) is 14.5. The minimum Gasteiger partial charge on any atom is -0.288 e. The molecule has 27 heavy (non-hydrogen) atoms. The van der Waals surface area contributed by atoms with Gasteiger partial charge in [0.15, 0.2) is 0 Å². The zero-order chi connectivity index (χ0) is 19.0. The Bertz CT molecular complexity index is 1290. The van der Waals surface area contributed by atoms with Gasteiger partial charge in [-0.05, 0) is 36.8 Å². The van der Waals surface area contributed by atoms with Crippen molar-refractivity contribution in [3.05, 3.63) is 94.6 Å². The largest absolute Gasteiger partial charge is 0.288 e. The number of hydrogen-bond donors (Lipinski definition) is 0. The highest BCUT2D eigenvalue weighted by Crippen LogP contribution is 2.36. The molecule has 0 fully saturated rings. The van der Waals surface area contributed by atoms with Crippen LogP contribution < -0.4 is 5.43 Å². The molecule has 1 aromatic heterocycles. The van der Waals surface area contributed by atoms with Gasteiger partial charge in [-0.2, -0.15) is 0 Å². The zero-order valence-corrected chi connectivity index (χ0v) is 16.2. The molecule has 0 bridgehead atoms. The second-order valence-electron chi connectivity index (χ2n) is 6.27. The monoisotopic (exact) mass is 392 g/mol. The van der Waals surface area contributed by atoms with E-state index >= 15 is 0 Å². The van der Waals surface area contributed by atoms with Gasteiger partial charge < -0.3 is 0 Å². The van der Waals surface area contributed by atoms with E-state index < -0.39 is 15.3 Å². The van der Waals surface area contributed by atoms with Gasteiger partial charge in [0.1, 0.15) is 4.90 Å². The molecule has 1 heterocycles. The quantitative estimate of drug-likeness (QED) is 0.489. The van der Waals surface area contributed by atoms with Crippen molar-refractivity contribution in [1.82, 2.24) is 0 Å². The smallest absolute Gasteiger partial charge is 0.211 e. The van der Waals surface area contributed by atoms with Crippen LogP contribution in [0.4, 0.5) is 0 Å². The van der Waals surface area contributed by atoms with Crippen molar-refractivity contribution in [2.75, 3.05) is 0 Å². The predicted octanol–water partition coefficient (Wildman–Crippen LogP) is 5.07. The minimum atomic E-state index is -3.96. The molecule has 134 valence electrons. The minimum absolute atomic E-state index is 0.130. The Morgan fingerprint density at radius 2 is 1.41 bits per heavy atom. The number of hydrogen-bond acceptors (Lipinski definition) is 4.